The van der Waals surface area contributed by atoms with Gasteiger partial charge in [0.1, 0.15) is 0 Å². The van der Waals surface area contributed by atoms with E-state index in [0.29, 0.717) is 6.54 Å². The molecule has 1 fully saturated rings. The van der Waals surface area contributed by atoms with Gasteiger partial charge < -0.3 is 5.32 Å². The maximum Gasteiger partial charge on any atom is 0.252 e. The van der Waals surface area contributed by atoms with Crippen molar-refractivity contribution in [3.05, 3.63) is 35.4 Å². The lowest BCUT2D eigenvalue weighted by Crippen LogP contribution is -2.24. The topological polar surface area (TPSA) is 32.3 Å². The molecule has 0 unspecified atom stereocenters. The molecule has 1 aromatic carbocycles. The zero-order chi connectivity index (χ0) is 13.5. The summed E-state index contributed by atoms with van der Waals surface area (Å²) in [5, 5.41) is 2.83. The fraction of sp³-hybridized carbons (Fsp3) is 0.438. The summed E-state index contributed by atoms with van der Waals surface area (Å²) in [4.78, 5) is 14.2. The molecule has 1 aliphatic heterocycles. The summed E-state index contributed by atoms with van der Waals surface area (Å²) in [5.41, 5.74) is 1.72. The number of carbonyl (C=O) groups excluding carboxylic acids is 1. The van der Waals surface area contributed by atoms with Gasteiger partial charge in [0.2, 0.25) is 0 Å². The standard InChI is InChI=1S/C16H20N2O/c1-14-8-2-3-9-15(14)16(19)17-10-4-5-11-18-12-6-7-13-18/h2-3,8-9H,6-7,10-13H2,1H3,(H,17,19). The predicted octanol–water partition coefficient (Wildman–Crippen LogP) is 1.82. The molecular formula is C16H20N2O. The van der Waals surface area contributed by atoms with Crippen LogP contribution in [0, 0.1) is 18.8 Å². The zero-order valence-corrected chi connectivity index (χ0v) is 11.4. The summed E-state index contributed by atoms with van der Waals surface area (Å²) in [7, 11) is 0. The predicted molar refractivity (Wildman–Crippen MR) is 77.0 cm³/mol. The van der Waals surface area contributed by atoms with Gasteiger partial charge in [0.15, 0.2) is 0 Å². The van der Waals surface area contributed by atoms with Crippen molar-refractivity contribution in [1.29, 1.82) is 0 Å². The summed E-state index contributed by atoms with van der Waals surface area (Å²) in [5.74, 6) is 6.07. The Balaban J connectivity index is 1.75. The molecule has 3 heteroatoms. The molecule has 0 saturated carbocycles. The van der Waals surface area contributed by atoms with Crippen molar-refractivity contribution in [2.75, 3.05) is 26.2 Å². The molecule has 0 atom stereocenters. The SMILES string of the molecule is Cc1ccccc1C(=O)NCC#CCN1CCCC1. The Morgan fingerprint density at radius 3 is 2.74 bits per heavy atom. The minimum atomic E-state index is -0.0476. The van der Waals surface area contributed by atoms with Gasteiger partial charge in [-0.05, 0) is 44.5 Å². The summed E-state index contributed by atoms with van der Waals surface area (Å²) < 4.78 is 0. The van der Waals surface area contributed by atoms with Gasteiger partial charge in [-0.2, -0.15) is 0 Å². The van der Waals surface area contributed by atoms with E-state index in [1.165, 1.54) is 12.8 Å². The molecule has 19 heavy (non-hydrogen) atoms. The molecule has 0 bridgehead atoms. The molecule has 0 aliphatic carbocycles. The molecule has 0 radical (unpaired) electrons. The first kappa shape index (κ1) is 13.6. The Labute approximate surface area is 115 Å². The van der Waals surface area contributed by atoms with E-state index in [4.69, 9.17) is 0 Å². The van der Waals surface area contributed by atoms with Crippen molar-refractivity contribution in [3.8, 4) is 11.8 Å². The van der Waals surface area contributed by atoms with Crippen LogP contribution in [0.2, 0.25) is 0 Å². The number of hydrogen-bond donors (Lipinski definition) is 1. The highest BCUT2D eigenvalue weighted by atomic mass is 16.1. The molecule has 1 aliphatic rings. The number of likely N-dealkylation sites (tertiary alicyclic amines) is 1. The minimum absolute atomic E-state index is 0.0476. The Kier molecular flexibility index (Phi) is 5.00. The summed E-state index contributed by atoms with van der Waals surface area (Å²) in [6.07, 6.45) is 2.57. The van der Waals surface area contributed by atoms with Crippen LogP contribution in [-0.2, 0) is 0 Å². The first-order valence-electron chi connectivity index (χ1n) is 6.79. The fourth-order valence-electron chi connectivity index (χ4n) is 2.22. The number of nitrogens with zero attached hydrogens (tertiary/aromatic N) is 1. The number of carbonyl (C=O) groups is 1. The Morgan fingerprint density at radius 1 is 1.26 bits per heavy atom. The van der Waals surface area contributed by atoms with Crippen LogP contribution in [0.1, 0.15) is 28.8 Å². The molecule has 3 nitrogen and oxygen atoms in total. The number of benzene rings is 1. The summed E-state index contributed by atoms with van der Waals surface area (Å²) in [6, 6.07) is 7.58. The molecule has 1 N–H and O–H groups in total. The lowest BCUT2D eigenvalue weighted by atomic mass is 10.1. The Morgan fingerprint density at radius 2 is 2.00 bits per heavy atom. The minimum Gasteiger partial charge on any atom is -0.341 e. The van der Waals surface area contributed by atoms with Gasteiger partial charge >= 0.3 is 0 Å². The first-order valence-corrected chi connectivity index (χ1v) is 6.79. The van der Waals surface area contributed by atoms with E-state index in [0.717, 1.165) is 30.8 Å². The number of amides is 1. The Bertz CT molecular complexity index is 493. The number of rotatable bonds is 3. The van der Waals surface area contributed by atoms with Gasteiger partial charge in [0.25, 0.3) is 5.91 Å². The van der Waals surface area contributed by atoms with Gasteiger partial charge in [0.05, 0.1) is 13.1 Å². The Hall–Kier alpha value is -1.79. The van der Waals surface area contributed by atoms with E-state index in [-0.39, 0.29) is 5.91 Å². The van der Waals surface area contributed by atoms with Gasteiger partial charge in [-0.1, -0.05) is 30.0 Å². The van der Waals surface area contributed by atoms with Crippen LogP contribution in [0.3, 0.4) is 0 Å². The second-order valence-corrected chi connectivity index (χ2v) is 4.83. The second kappa shape index (κ2) is 6.96. The molecule has 100 valence electrons. The van der Waals surface area contributed by atoms with Crippen molar-refractivity contribution in [1.82, 2.24) is 10.2 Å². The molecule has 1 amide bonds. The average molecular weight is 256 g/mol. The van der Waals surface area contributed by atoms with Gasteiger partial charge in [-0.15, -0.1) is 0 Å². The lowest BCUT2D eigenvalue weighted by molar-refractivity contribution is 0.0958. The molecule has 1 aromatic rings. The fourth-order valence-corrected chi connectivity index (χ4v) is 2.22. The van der Waals surface area contributed by atoms with Crippen molar-refractivity contribution in [2.24, 2.45) is 0 Å². The van der Waals surface area contributed by atoms with Crippen molar-refractivity contribution in [2.45, 2.75) is 19.8 Å². The van der Waals surface area contributed by atoms with E-state index in [1.807, 2.05) is 31.2 Å². The van der Waals surface area contributed by atoms with Gasteiger partial charge in [0, 0.05) is 5.56 Å². The third-order valence-electron chi connectivity index (χ3n) is 3.35. The van der Waals surface area contributed by atoms with Gasteiger partial charge in [-0.3, -0.25) is 9.69 Å². The molecule has 2 rings (SSSR count). The molecule has 1 heterocycles. The van der Waals surface area contributed by atoms with Crippen molar-refractivity contribution >= 4 is 5.91 Å². The van der Waals surface area contributed by atoms with E-state index < -0.39 is 0 Å². The summed E-state index contributed by atoms with van der Waals surface area (Å²) in [6.45, 7) is 5.49. The van der Waals surface area contributed by atoms with Gasteiger partial charge in [-0.25, -0.2) is 0 Å². The highest BCUT2D eigenvalue weighted by Gasteiger charge is 2.09. The smallest absolute Gasteiger partial charge is 0.252 e. The number of nitrogens with one attached hydrogen (secondary N) is 1. The molecule has 0 aromatic heterocycles. The van der Waals surface area contributed by atoms with Crippen LogP contribution in [-0.4, -0.2) is 37.0 Å². The number of aryl methyl sites for hydroxylation is 1. The van der Waals surface area contributed by atoms with Crippen LogP contribution in [0.4, 0.5) is 0 Å². The van der Waals surface area contributed by atoms with E-state index in [1.54, 1.807) is 0 Å². The average Bonchev–Trinajstić information content (AvgIpc) is 2.92. The third kappa shape index (κ3) is 4.11. The van der Waals surface area contributed by atoms with Crippen LogP contribution in [0.5, 0.6) is 0 Å². The monoisotopic (exact) mass is 256 g/mol. The van der Waals surface area contributed by atoms with Crippen LogP contribution < -0.4 is 5.32 Å². The quantitative estimate of drug-likeness (QED) is 0.837. The highest BCUT2D eigenvalue weighted by Crippen LogP contribution is 2.06. The maximum atomic E-state index is 11.9. The molecule has 0 spiro atoms. The largest absolute Gasteiger partial charge is 0.341 e. The van der Waals surface area contributed by atoms with E-state index >= 15 is 0 Å². The number of hydrogen-bond acceptors (Lipinski definition) is 2. The van der Waals surface area contributed by atoms with Crippen molar-refractivity contribution < 1.29 is 4.79 Å². The maximum absolute atomic E-state index is 11.9. The molecular weight excluding hydrogens is 236 g/mol. The zero-order valence-electron chi connectivity index (χ0n) is 11.4. The van der Waals surface area contributed by atoms with Crippen molar-refractivity contribution in [3.63, 3.8) is 0 Å². The van der Waals surface area contributed by atoms with E-state index in [9.17, 15) is 4.79 Å². The first-order chi connectivity index (χ1) is 9.27. The second-order valence-electron chi connectivity index (χ2n) is 4.83. The molecule has 1 saturated heterocycles. The third-order valence-corrected chi connectivity index (χ3v) is 3.35. The van der Waals surface area contributed by atoms with Crippen LogP contribution >= 0.6 is 0 Å². The summed E-state index contributed by atoms with van der Waals surface area (Å²) >= 11 is 0. The van der Waals surface area contributed by atoms with Crippen LogP contribution in [0.15, 0.2) is 24.3 Å². The lowest BCUT2D eigenvalue weighted by Gasteiger charge is -2.08. The van der Waals surface area contributed by atoms with Crippen LogP contribution in [0.25, 0.3) is 0 Å². The normalized spacial score (nSPS) is 14.8. The van der Waals surface area contributed by atoms with E-state index in [2.05, 4.69) is 22.1 Å². The highest BCUT2D eigenvalue weighted by molar-refractivity contribution is 5.95.